The molecule has 7 heteroatoms. The monoisotopic (exact) mass is 262 g/mol. The summed E-state index contributed by atoms with van der Waals surface area (Å²) < 4.78 is 6.49. The van der Waals surface area contributed by atoms with Gasteiger partial charge in [0.2, 0.25) is 0 Å². The van der Waals surface area contributed by atoms with Gasteiger partial charge in [-0.3, -0.25) is 4.79 Å². The lowest BCUT2D eigenvalue weighted by atomic mass is 9.98. The van der Waals surface area contributed by atoms with Gasteiger partial charge in [-0.15, -0.1) is 5.10 Å². The number of aryl methyl sites for hydroxylation is 1. The van der Waals surface area contributed by atoms with E-state index in [-0.39, 0.29) is 0 Å². The van der Waals surface area contributed by atoms with E-state index in [1.54, 1.807) is 20.2 Å². The summed E-state index contributed by atoms with van der Waals surface area (Å²) in [6, 6.07) is 7.28. The van der Waals surface area contributed by atoms with Gasteiger partial charge in [-0.25, -0.2) is 4.68 Å². The van der Waals surface area contributed by atoms with E-state index in [1.807, 2.05) is 18.2 Å². The van der Waals surface area contributed by atoms with E-state index in [9.17, 15) is 9.90 Å². The van der Waals surface area contributed by atoms with E-state index >= 15 is 0 Å². The highest BCUT2D eigenvalue weighted by Crippen LogP contribution is 2.21. The number of nitrogens with zero attached hydrogens (tertiary/aromatic N) is 4. The van der Waals surface area contributed by atoms with Crippen LogP contribution < -0.4 is 4.74 Å². The molecule has 1 heterocycles. The van der Waals surface area contributed by atoms with Crippen molar-refractivity contribution in [3.8, 4) is 5.75 Å². The Morgan fingerprint density at radius 2 is 2.32 bits per heavy atom. The highest BCUT2D eigenvalue weighted by atomic mass is 16.5. The molecule has 100 valence electrons. The molecule has 0 spiro atoms. The number of carbonyl (C=O) groups is 1. The SMILES string of the molecule is COc1cccc(CC(C(=O)O)c2nnnn2C)c1. The maximum Gasteiger partial charge on any atom is 0.314 e. The number of tetrazole rings is 1. The third-order valence-corrected chi connectivity index (χ3v) is 2.84. The highest BCUT2D eigenvalue weighted by molar-refractivity contribution is 5.75. The largest absolute Gasteiger partial charge is 0.497 e. The van der Waals surface area contributed by atoms with Crippen LogP contribution in [0.5, 0.6) is 5.75 Å². The average Bonchev–Trinajstić information content (AvgIpc) is 2.82. The fourth-order valence-electron chi connectivity index (χ4n) is 1.86. The van der Waals surface area contributed by atoms with Crippen molar-refractivity contribution < 1.29 is 14.6 Å². The molecule has 7 nitrogen and oxygen atoms in total. The minimum atomic E-state index is -0.958. The van der Waals surface area contributed by atoms with Crippen molar-refractivity contribution in [1.82, 2.24) is 20.2 Å². The van der Waals surface area contributed by atoms with Gasteiger partial charge in [0, 0.05) is 7.05 Å². The molecule has 1 N–H and O–H groups in total. The van der Waals surface area contributed by atoms with Gasteiger partial charge in [0.1, 0.15) is 11.7 Å². The Hall–Kier alpha value is -2.44. The summed E-state index contributed by atoms with van der Waals surface area (Å²) in [7, 11) is 3.19. The molecule has 0 fully saturated rings. The molecule has 1 aromatic carbocycles. The smallest absolute Gasteiger partial charge is 0.314 e. The predicted molar refractivity (Wildman–Crippen MR) is 65.9 cm³/mol. The number of carboxylic acids is 1. The minimum Gasteiger partial charge on any atom is -0.497 e. The van der Waals surface area contributed by atoms with E-state index in [1.165, 1.54) is 4.68 Å². The van der Waals surface area contributed by atoms with Gasteiger partial charge in [0.05, 0.1) is 7.11 Å². The first-order valence-corrected chi connectivity index (χ1v) is 5.70. The van der Waals surface area contributed by atoms with Crippen LogP contribution in [-0.4, -0.2) is 38.4 Å². The molecule has 2 rings (SSSR count). The maximum atomic E-state index is 11.4. The topological polar surface area (TPSA) is 90.1 Å². The lowest BCUT2D eigenvalue weighted by Crippen LogP contribution is -2.19. The van der Waals surface area contributed by atoms with Crippen molar-refractivity contribution in [2.45, 2.75) is 12.3 Å². The van der Waals surface area contributed by atoms with Gasteiger partial charge in [0.25, 0.3) is 0 Å². The Morgan fingerprint density at radius 1 is 1.53 bits per heavy atom. The summed E-state index contributed by atoms with van der Waals surface area (Å²) in [5, 5.41) is 20.2. The molecule has 0 aliphatic heterocycles. The second-order valence-electron chi connectivity index (χ2n) is 4.11. The molecule has 2 aromatic rings. The summed E-state index contributed by atoms with van der Waals surface area (Å²) in [6.45, 7) is 0. The highest BCUT2D eigenvalue weighted by Gasteiger charge is 2.25. The van der Waals surface area contributed by atoms with Crippen LogP contribution in [0.15, 0.2) is 24.3 Å². The van der Waals surface area contributed by atoms with Crippen LogP contribution in [0, 0.1) is 0 Å². The van der Waals surface area contributed by atoms with Crippen LogP contribution in [0.1, 0.15) is 17.3 Å². The van der Waals surface area contributed by atoms with Crippen molar-refractivity contribution in [3.05, 3.63) is 35.7 Å². The van der Waals surface area contributed by atoms with Gasteiger partial charge in [-0.2, -0.15) is 0 Å². The number of carboxylic acid groups (broad SMARTS) is 1. The summed E-state index contributed by atoms with van der Waals surface area (Å²) in [6.07, 6.45) is 0.306. The Morgan fingerprint density at radius 3 is 2.89 bits per heavy atom. The molecular formula is C12H14N4O3. The summed E-state index contributed by atoms with van der Waals surface area (Å²) >= 11 is 0. The maximum absolute atomic E-state index is 11.4. The average molecular weight is 262 g/mol. The van der Waals surface area contributed by atoms with Crippen molar-refractivity contribution in [1.29, 1.82) is 0 Å². The first-order chi connectivity index (χ1) is 9.11. The van der Waals surface area contributed by atoms with E-state index in [0.717, 1.165) is 5.56 Å². The van der Waals surface area contributed by atoms with Crippen molar-refractivity contribution in [2.24, 2.45) is 7.05 Å². The zero-order chi connectivity index (χ0) is 13.8. The minimum absolute atomic E-state index is 0.306. The number of aromatic nitrogens is 4. The first-order valence-electron chi connectivity index (χ1n) is 5.70. The first kappa shape index (κ1) is 13.0. The van der Waals surface area contributed by atoms with E-state index in [0.29, 0.717) is 18.0 Å². The Bertz CT molecular complexity index is 582. The van der Waals surface area contributed by atoms with Crippen molar-refractivity contribution >= 4 is 5.97 Å². The van der Waals surface area contributed by atoms with E-state index < -0.39 is 11.9 Å². The lowest BCUT2D eigenvalue weighted by molar-refractivity contribution is -0.139. The molecule has 1 aromatic heterocycles. The van der Waals surface area contributed by atoms with Crippen LogP contribution in [0.2, 0.25) is 0 Å². The summed E-state index contributed by atoms with van der Waals surface area (Å²) in [4.78, 5) is 11.4. The number of hydrogen-bond donors (Lipinski definition) is 1. The molecule has 0 saturated heterocycles. The fourth-order valence-corrected chi connectivity index (χ4v) is 1.86. The zero-order valence-electron chi connectivity index (χ0n) is 10.6. The third-order valence-electron chi connectivity index (χ3n) is 2.84. The molecule has 0 bridgehead atoms. The predicted octanol–water partition coefficient (Wildman–Crippen LogP) is 0.630. The van der Waals surface area contributed by atoms with Gasteiger partial charge in [0.15, 0.2) is 5.82 Å². The Labute approximate surface area is 109 Å². The molecule has 0 aliphatic carbocycles. The van der Waals surface area contributed by atoms with E-state index in [4.69, 9.17) is 4.74 Å². The second-order valence-corrected chi connectivity index (χ2v) is 4.11. The van der Waals surface area contributed by atoms with Crippen LogP contribution in [0.25, 0.3) is 0 Å². The van der Waals surface area contributed by atoms with Gasteiger partial charge in [-0.05, 0) is 34.5 Å². The molecule has 0 aliphatic rings. The third kappa shape index (κ3) is 2.87. The molecule has 0 saturated carbocycles. The van der Waals surface area contributed by atoms with Crippen LogP contribution in [0.4, 0.5) is 0 Å². The molecule has 19 heavy (non-hydrogen) atoms. The van der Waals surface area contributed by atoms with Crippen LogP contribution >= 0.6 is 0 Å². The van der Waals surface area contributed by atoms with Gasteiger partial charge in [-0.1, -0.05) is 12.1 Å². The molecule has 1 atom stereocenters. The van der Waals surface area contributed by atoms with Crippen LogP contribution in [-0.2, 0) is 18.3 Å². The molecule has 0 amide bonds. The standard InChI is InChI=1S/C12H14N4O3/c1-16-11(13-14-15-16)10(12(17)18)7-8-4-3-5-9(6-8)19-2/h3-6,10H,7H2,1-2H3,(H,17,18). The Kier molecular flexibility index (Phi) is 3.74. The van der Waals surface area contributed by atoms with Gasteiger partial charge >= 0.3 is 5.97 Å². The normalized spacial score (nSPS) is 12.1. The Balaban J connectivity index is 2.27. The van der Waals surface area contributed by atoms with Gasteiger partial charge < -0.3 is 9.84 Å². The number of ether oxygens (including phenoxy) is 1. The second kappa shape index (κ2) is 5.47. The number of methoxy groups -OCH3 is 1. The molecule has 1 unspecified atom stereocenters. The lowest BCUT2D eigenvalue weighted by Gasteiger charge is -2.11. The van der Waals surface area contributed by atoms with E-state index in [2.05, 4.69) is 15.5 Å². The van der Waals surface area contributed by atoms with Crippen molar-refractivity contribution in [2.75, 3.05) is 7.11 Å². The molecular weight excluding hydrogens is 248 g/mol. The zero-order valence-corrected chi connectivity index (χ0v) is 10.6. The number of rotatable bonds is 5. The number of hydrogen-bond acceptors (Lipinski definition) is 5. The fraction of sp³-hybridized carbons (Fsp3) is 0.333. The summed E-state index contributed by atoms with van der Waals surface area (Å²) in [5.74, 6) is -0.721. The van der Waals surface area contributed by atoms with Crippen LogP contribution in [0.3, 0.4) is 0 Å². The van der Waals surface area contributed by atoms with Crippen molar-refractivity contribution in [3.63, 3.8) is 0 Å². The quantitative estimate of drug-likeness (QED) is 0.850. The molecule has 0 radical (unpaired) electrons. The summed E-state index contributed by atoms with van der Waals surface area (Å²) in [5.41, 5.74) is 0.856. The number of aliphatic carboxylic acids is 1. The number of benzene rings is 1.